The lowest BCUT2D eigenvalue weighted by Crippen LogP contribution is -2.45. The summed E-state index contributed by atoms with van der Waals surface area (Å²) in [6.07, 6.45) is 6.12. The Labute approximate surface area is 121 Å². The van der Waals surface area contributed by atoms with Crippen molar-refractivity contribution in [3.8, 4) is 0 Å². The van der Waals surface area contributed by atoms with E-state index in [-0.39, 0.29) is 11.4 Å². The molecule has 0 bridgehead atoms. The Kier molecular flexibility index (Phi) is 4.86. The molecule has 0 aliphatic carbocycles. The molecular formula is C16H27N3O. The predicted molar refractivity (Wildman–Crippen MR) is 82.0 cm³/mol. The average Bonchev–Trinajstić information content (AvgIpc) is 2.97. The number of hydrogen-bond acceptors (Lipinski definition) is 2. The first kappa shape index (κ1) is 15.1. The SMILES string of the molecule is CCC(C)(CC)NC(=O)c1cccn1C1CCNCC1. The monoisotopic (exact) mass is 277 g/mol. The number of amides is 1. The highest BCUT2D eigenvalue weighted by Gasteiger charge is 2.25. The van der Waals surface area contributed by atoms with E-state index in [0.29, 0.717) is 6.04 Å². The predicted octanol–water partition coefficient (Wildman–Crippen LogP) is 2.72. The molecule has 1 amide bonds. The molecule has 1 aromatic heterocycles. The Morgan fingerprint density at radius 1 is 1.40 bits per heavy atom. The number of rotatable bonds is 5. The quantitative estimate of drug-likeness (QED) is 0.869. The van der Waals surface area contributed by atoms with E-state index < -0.39 is 0 Å². The molecule has 2 heterocycles. The summed E-state index contributed by atoms with van der Waals surface area (Å²) >= 11 is 0. The minimum absolute atomic E-state index is 0.0553. The van der Waals surface area contributed by atoms with Crippen LogP contribution in [0.3, 0.4) is 0 Å². The maximum Gasteiger partial charge on any atom is 0.268 e. The molecule has 0 radical (unpaired) electrons. The van der Waals surface area contributed by atoms with Crippen molar-refractivity contribution in [1.82, 2.24) is 15.2 Å². The van der Waals surface area contributed by atoms with E-state index in [1.165, 1.54) is 0 Å². The van der Waals surface area contributed by atoms with Crippen molar-refractivity contribution >= 4 is 5.91 Å². The summed E-state index contributed by atoms with van der Waals surface area (Å²) < 4.78 is 2.15. The molecule has 4 nitrogen and oxygen atoms in total. The van der Waals surface area contributed by atoms with E-state index in [2.05, 4.69) is 36.0 Å². The molecule has 0 aromatic carbocycles. The molecule has 20 heavy (non-hydrogen) atoms. The van der Waals surface area contributed by atoms with Gasteiger partial charge >= 0.3 is 0 Å². The van der Waals surface area contributed by atoms with Gasteiger partial charge in [0, 0.05) is 17.8 Å². The zero-order valence-corrected chi connectivity index (χ0v) is 12.9. The second-order valence-corrected chi connectivity index (χ2v) is 6.00. The molecule has 1 aliphatic heterocycles. The Morgan fingerprint density at radius 3 is 2.65 bits per heavy atom. The van der Waals surface area contributed by atoms with Gasteiger partial charge in [0.2, 0.25) is 0 Å². The summed E-state index contributed by atoms with van der Waals surface area (Å²) in [4.78, 5) is 12.6. The third kappa shape index (κ3) is 3.23. The molecule has 1 saturated heterocycles. The van der Waals surface area contributed by atoms with Crippen LogP contribution in [0.15, 0.2) is 18.3 Å². The van der Waals surface area contributed by atoms with E-state index in [1.807, 2.05) is 18.3 Å². The molecule has 0 atom stereocenters. The van der Waals surface area contributed by atoms with Crippen molar-refractivity contribution in [2.24, 2.45) is 0 Å². The van der Waals surface area contributed by atoms with Crippen molar-refractivity contribution in [2.45, 2.75) is 58.0 Å². The molecule has 0 unspecified atom stereocenters. The smallest absolute Gasteiger partial charge is 0.268 e. The van der Waals surface area contributed by atoms with E-state index in [4.69, 9.17) is 0 Å². The normalized spacial score (nSPS) is 17.1. The van der Waals surface area contributed by atoms with Gasteiger partial charge in [-0.3, -0.25) is 4.79 Å². The Hall–Kier alpha value is -1.29. The molecule has 4 heteroatoms. The largest absolute Gasteiger partial charge is 0.346 e. The van der Waals surface area contributed by atoms with Gasteiger partial charge in [-0.25, -0.2) is 0 Å². The molecule has 112 valence electrons. The average molecular weight is 277 g/mol. The van der Waals surface area contributed by atoms with Gasteiger partial charge in [0.05, 0.1) is 0 Å². The highest BCUT2D eigenvalue weighted by molar-refractivity contribution is 5.93. The van der Waals surface area contributed by atoms with Crippen LogP contribution in [-0.4, -0.2) is 29.1 Å². The summed E-state index contributed by atoms with van der Waals surface area (Å²) in [5.74, 6) is 0.0553. The van der Waals surface area contributed by atoms with Gasteiger partial charge in [-0.1, -0.05) is 13.8 Å². The minimum Gasteiger partial charge on any atom is -0.346 e. The van der Waals surface area contributed by atoms with Crippen molar-refractivity contribution in [3.05, 3.63) is 24.0 Å². The minimum atomic E-state index is -0.111. The number of aromatic nitrogens is 1. The van der Waals surface area contributed by atoms with Crippen LogP contribution >= 0.6 is 0 Å². The van der Waals surface area contributed by atoms with Crippen molar-refractivity contribution in [1.29, 1.82) is 0 Å². The van der Waals surface area contributed by atoms with Gasteiger partial charge in [0.15, 0.2) is 0 Å². The summed E-state index contributed by atoms with van der Waals surface area (Å²) in [6.45, 7) is 8.42. The Balaban J connectivity index is 2.12. The van der Waals surface area contributed by atoms with Crippen molar-refractivity contribution in [2.75, 3.05) is 13.1 Å². The molecule has 2 rings (SSSR count). The zero-order chi connectivity index (χ0) is 14.6. The molecule has 0 saturated carbocycles. The van der Waals surface area contributed by atoms with Crippen LogP contribution in [0, 0.1) is 0 Å². The van der Waals surface area contributed by atoms with Gasteiger partial charge in [0.25, 0.3) is 5.91 Å². The van der Waals surface area contributed by atoms with Crippen LogP contribution in [-0.2, 0) is 0 Å². The first-order valence-corrected chi connectivity index (χ1v) is 7.79. The van der Waals surface area contributed by atoms with E-state index in [0.717, 1.165) is 44.5 Å². The van der Waals surface area contributed by atoms with E-state index >= 15 is 0 Å². The van der Waals surface area contributed by atoms with Crippen LogP contribution in [0.2, 0.25) is 0 Å². The maximum atomic E-state index is 12.6. The standard InChI is InChI=1S/C16H27N3O/c1-4-16(3,5-2)18-15(20)14-7-6-12-19(14)13-8-10-17-11-9-13/h6-7,12-13,17H,4-5,8-11H2,1-3H3,(H,18,20). The molecule has 1 aliphatic rings. The third-order valence-corrected chi connectivity index (χ3v) is 4.69. The number of carbonyl (C=O) groups is 1. The van der Waals surface area contributed by atoms with Gasteiger partial charge in [-0.2, -0.15) is 0 Å². The summed E-state index contributed by atoms with van der Waals surface area (Å²) in [7, 11) is 0. The van der Waals surface area contributed by atoms with E-state index in [9.17, 15) is 4.79 Å². The Bertz CT molecular complexity index is 442. The molecule has 1 fully saturated rings. The Morgan fingerprint density at radius 2 is 2.05 bits per heavy atom. The van der Waals surface area contributed by atoms with Crippen LogP contribution < -0.4 is 10.6 Å². The fraction of sp³-hybridized carbons (Fsp3) is 0.688. The third-order valence-electron chi connectivity index (χ3n) is 4.69. The first-order valence-electron chi connectivity index (χ1n) is 7.79. The fourth-order valence-electron chi connectivity index (χ4n) is 2.75. The van der Waals surface area contributed by atoms with Crippen molar-refractivity contribution < 1.29 is 4.79 Å². The number of hydrogen-bond donors (Lipinski definition) is 2. The summed E-state index contributed by atoms with van der Waals surface area (Å²) in [5, 5.41) is 6.57. The first-order chi connectivity index (χ1) is 9.59. The molecule has 2 N–H and O–H groups in total. The van der Waals surface area contributed by atoms with E-state index in [1.54, 1.807) is 0 Å². The number of nitrogens with zero attached hydrogens (tertiary/aromatic N) is 1. The molecular weight excluding hydrogens is 250 g/mol. The second-order valence-electron chi connectivity index (χ2n) is 6.00. The number of nitrogens with one attached hydrogen (secondary N) is 2. The lowest BCUT2D eigenvalue weighted by Gasteiger charge is -2.30. The number of carbonyl (C=O) groups excluding carboxylic acids is 1. The van der Waals surface area contributed by atoms with Crippen LogP contribution in [0.1, 0.15) is 63.0 Å². The second kappa shape index (κ2) is 6.44. The van der Waals surface area contributed by atoms with Gasteiger partial charge in [-0.05, 0) is 57.8 Å². The van der Waals surface area contributed by atoms with Crippen molar-refractivity contribution in [3.63, 3.8) is 0 Å². The van der Waals surface area contributed by atoms with Gasteiger partial charge in [-0.15, -0.1) is 0 Å². The van der Waals surface area contributed by atoms with Gasteiger partial charge in [0.1, 0.15) is 5.69 Å². The molecule has 0 spiro atoms. The summed E-state index contributed by atoms with van der Waals surface area (Å²) in [5.41, 5.74) is 0.686. The van der Waals surface area contributed by atoms with Crippen LogP contribution in [0.5, 0.6) is 0 Å². The maximum absolute atomic E-state index is 12.6. The van der Waals surface area contributed by atoms with Crippen LogP contribution in [0.4, 0.5) is 0 Å². The van der Waals surface area contributed by atoms with Crippen LogP contribution in [0.25, 0.3) is 0 Å². The highest BCUT2D eigenvalue weighted by Crippen LogP contribution is 2.22. The summed E-state index contributed by atoms with van der Waals surface area (Å²) in [6, 6.07) is 4.36. The number of piperidine rings is 1. The molecule has 1 aromatic rings. The van der Waals surface area contributed by atoms with Gasteiger partial charge < -0.3 is 15.2 Å². The lowest BCUT2D eigenvalue weighted by molar-refractivity contribution is 0.0888. The fourth-order valence-corrected chi connectivity index (χ4v) is 2.75. The highest BCUT2D eigenvalue weighted by atomic mass is 16.2. The lowest BCUT2D eigenvalue weighted by atomic mass is 9.95. The zero-order valence-electron chi connectivity index (χ0n) is 12.9. The topological polar surface area (TPSA) is 46.1 Å².